The normalized spacial score (nSPS) is 15.2. The largest absolute Gasteiger partial charge is 0.356 e. The Hall–Kier alpha value is -2.86. The van der Waals surface area contributed by atoms with Crippen molar-refractivity contribution < 1.29 is 4.79 Å². The Balaban J connectivity index is 1.38. The number of aryl methyl sites for hydroxylation is 1. The highest BCUT2D eigenvalue weighted by atomic mass is 32.2. The molecule has 3 aromatic rings. The fourth-order valence-electron chi connectivity index (χ4n) is 3.95. The molecular formula is C24H25N3O2S. The fourth-order valence-corrected chi connectivity index (χ4v) is 5.15. The second-order valence-electron chi connectivity index (χ2n) is 7.57. The molecule has 0 bridgehead atoms. The first kappa shape index (κ1) is 20.4. The molecule has 0 saturated carbocycles. The number of nitrogens with zero attached hydrogens (tertiary/aromatic N) is 2. The molecule has 1 amide bonds. The smallest absolute Gasteiger partial charge is 0.254 e. The van der Waals surface area contributed by atoms with Crippen molar-refractivity contribution in [2.75, 3.05) is 12.3 Å². The van der Waals surface area contributed by atoms with Crippen LogP contribution in [0.15, 0.2) is 76.7 Å². The summed E-state index contributed by atoms with van der Waals surface area (Å²) < 4.78 is 1.66. The minimum absolute atomic E-state index is 0.0270. The van der Waals surface area contributed by atoms with Crippen molar-refractivity contribution in [1.82, 2.24) is 14.9 Å². The predicted molar refractivity (Wildman–Crippen MR) is 120 cm³/mol. The van der Waals surface area contributed by atoms with Gasteiger partial charge in [0.2, 0.25) is 5.91 Å². The molecule has 4 rings (SSSR count). The van der Waals surface area contributed by atoms with E-state index in [-0.39, 0.29) is 23.4 Å². The highest BCUT2D eigenvalue weighted by Gasteiger charge is 2.27. The lowest BCUT2D eigenvalue weighted by atomic mass is 9.88. The number of aromatic nitrogens is 2. The first-order chi connectivity index (χ1) is 14.6. The van der Waals surface area contributed by atoms with Crippen LogP contribution in [0.3, 0.4) is 0 Å². The van der Waals surface area contributed by atoms with Crippen LogP contribution >= 0.6 is 11.8 Å². The number of fused-ring (bicyclic) bond motifs is 1. The van der Waals surface area contributed by atoms with Crippen molar-refractivity contribution in [3.05, 3.63) is 93.9 Å². The zero-order valence-electron chi connectivity index (χ0n) is 17.0. The van der Waals surface area contributed by atoms with Crippen molar-refractivity contribution >= 4 is 17.7 Å². The Morgan fingerprint density at radius 3 is 2.40 bits per heavy atom. The van der Waals surface area contributed by atoms with E-state index in [1.807, 2.05) is 43.3 Å². The number of carbonyl (C=O) groups excluding carboxylic acids is 1. The van der Waals surface area contributed by atoms with Gasteiger partial charge in [0.25, 0.3) is 5.56 Å². The number of hydrogen-bond donors (Lipinski definition) is 1. The van der Waals surface area contributed by atoms with Gasteiger partial charge < -0.3 is 5.32 Å². The Bertz CT molecular complexity index is 1030. The molecule has 1 unspecified atom stereocenters. The Labute approximate surface area is 180 Å². The van der Waals surface area contributed by atoms with E-state index in [1.54, 1.807) is 16.3 Å². The molecule has 30 heavy (non-hydrogen) atoms. The molecule has 0 aliphatic carbocycles. The quantitative estimate of drug-likeness (QED) is 0.590. The van der Waals surface area contributed by atoms with Crippen LogP contribution in [0.1, 0.15) is 41.6 Å². The molecule has 1 aliphatic heterocycles. The fraction of sp³-hybridized carbons (Fsp3) is 0.292. The molecule has 0 spiro atoms. The van der Waals surface area contributed by atoms with Crippen LogP contribution < -0.4 is 10.9 Å². The van der Waals surface area contributed by atoms with Gasteiger partial charge in [0.15, 0.2) is 5.16 Å². The van der Waals surface area contributed by atoms with Crippen LogP contribution in [-0.2, 0) is 4.79 Å². The number of carbonyl (C=O) groups is 1. The molecular weight excluding hydrogens is 394 g/mol. The Kier molecular flexibility index (Phi) is 6.33. The second kappa shape index (κ2) is 9.30. The lowest BCUT2D eigenvalue weighted by molar-refractivity contribution is -0.121. The highest BCUT2D eigenvalue weighted by Crippen LogP contribution is 2.32. The average molecular weight is 420 g/mol. The molecule has 0 radical (unpaired) electrons. The molecule has 1 N–H and O–H groups in total. The van der Waals surface area contributed by atoms with Gasteiger partial charge in [0, 0.05) is 36.4 Å². The van der Waals surface area contributed by atoms with Gasteiger partial charge in [-0.2, -0.15) is 0 Å². The zero-order chi connectivity index (χ0) is 20.9. The van der Waals surface area contributed by atoms with Gasteiger partial charge in [0.1, 0.15) is 0 Å². The van der Waals surface area contributed by atoms with Crippen molar-refractivity contribution in [2.45, 2.75) is 36.9 Å². The molecule has 2 heterocycles. The highest BCUT2D eigenvalue weighted by molar-refractivity contribution is 7.99. The third-order valence-corrected chi connectivity index (χ3v) is 6.50. The lowest BCUT2D eigenvalue weighted by Crippen LogP contribution is -2.31. The van der Waals surface area contributed by atoms with Crippen LogP contribution in [0.4, 0.5) is 0 Å². The summed E-state index contributed by atoms with van der Waals surface area (Å²) in [4.78, 5) is 29.3. The van der Waals surface area contributed by atoms with Gasteiger partial charge in [0.05, 0.1) is 6.04 Å². The average Bonchev–Trinajstić information content (AvgIpc) is 3.15. The molecule has 154 valence electrons. The van der Waals surface area contributed by atoms with Gasteiger partial charge in [-0.1, -0.05) is 72.4 Å². The molecule has 0 fully saturated rings. The third-order valence-electron chi connectivity index (χ3n) is 5.40. The topological polar surface area (TPSA) is 64.0 Å². The number of benzene rings is 2. The lowest BCUT2D eigenvalue weighted by Gasteiger charge is -2.19. The molecule has 0 saturated heterocycles. The van der Waals surface area contributed by atoms with E-state index < -0.39 is 0 Å². The van der Waals surface area contributed by atoms with Crippen molar-refractivity contribution in [2.24, 2.45) is 0 Å². The van der Waals surface area contributed by atoms with E-state index in [4.69, 9.17) is 0 Å². The first-order valence-corrected chi connectivity index (χ1v) is 11.2. The number of thioether (sulfide) groups is 1. The molecule has 1 atom stereocenters. The summed E-state index contributed by atoms with van der Waals surface area (Å²) in [7, 11) is 0. The van der Waals surface area contributed by atoms with Gasteiger partial charge in [-0.25, -0.2) is 4.98 Å². The van der Waals surface area contributed by atoms with Crippen molar-refractivity contribution in [3.63, 3.8) is 0 Å². The van der Waals surface area contributed by atoms with Gasteiger partial charge in [-0.05, 0) is 24.5 Å². The van der Waals surface area contributed by atoms with Crippen molar-refractivity contribution in [1.29, 1.82) is 0 Å². The van der Waals surface area contributed by atoms with Crippen LogP contribution in [-0.4, -0.2) is 27.8 Å². The van der Waals surface area contributed by atoms with Crippen molar-refractivity contribution in [3.8, 4) is 0 Å². The summed E-state index contributed by atoms with van der Waals surface area (Å²) in [5, 5.41) is 3.77. The number of hydrogen-bond acceptors (Lipinski definition) is 4. The van der Waals surface area contributed by atoms with E-state index in [2.05, 4.69) is 34.6 Å². The number of nitrogens with one attached hydrogen (secondary N) is 1. The number of amides is 1. The second-order valence-corrected chi connectivity index (χ2v) is 8.56. The summed E-state index contributed by atoms with van der Waals surface area (Å²) in [6.45, 7) is 2.40. The summed E-state index contributed by atoms with van der Waals surface area (Å²) in [5.74, 6) is 0.904. The SMILES string of the molecule is Cc1cc(=O)n2c(n1)SCC2CC(=O)NCCC(c1ccccc1)c1ccccc1. The number of rotatable bonds is 7. The van der Waals surface area contributed by atoms with Crippen LogP contribution in [0.5, 0.6) is 0 Å². The molecule has 1 aliphatic rings. The van der Waals surface area contributed by atoms with Gasteiger partial charge in [-0.3, -0.25) is 14.2 Å². The predicted octanol–water partition coefficient (Wildman–Crippen LogP) is 3.93. The Morgan fingerprint density at radius 2 is 1.77 bits per heavy atom. The molecule has 2 aromatic carbocycles. The maximum atomic E-state index is 12.6. The van der Waals surface area contributed by atoms with E-state index in [1.165, 1.54) is 17.2 Å². The molecule has 1 aromatic heterocycles. The van der Waals surface area contributed by atoms with Crippen LogP contribution in [0.2, 0.25) is 0 Å². The van der Waals surface area contributed by atoms with Crippen LogP contribution in [0, 0.1) is 6.92 Å². The third kappa shape index (κ3) is 4.65. The summed E-state index contributed by atoms with van der Waals surface area (Å²) >= 11 is 1.54. The van der Waals surface area contributed by atoms with E-state index in [0.717, 1.165) is 12.1 Å². The summed E-state index contributed by atoms with van der Waals surface area (Å²) in [6, 6.07) is 22.2. The maximum Gasteiger partial charge on any atom is 0.254 e. The van der Waals surface area contributed by atoms with Gasteiger partial charge >= 0.3 is 0 Å². The summed E-state index contributed by atoms with van der Waals surface area (Å²) in [6.07, 6.45) is 1.11. The zero-order valence-corrected chi connectivity index (χ0v) is 17.8. The first-order valence-electron chi connectivity index (χ1n) is 10.2. The molecule has 5 nitrogen and oxygen atoms in total. The van der Waals surface area contributed by atoms with E-state index in [0.29, 0.717) is 23.9 Å². The minimum atomic E-state index is -0.135. The maximum absolute atomic E-state index is 12.6. The standard InChI is InChI=1S/C24H25N3O2S/c1-17-14-23(29)27-20(16-30-24(27)26-17)15-22(28)25-13-12-21(18-8-4-2-5-9-18)19-10-6-3-7-11-19/h2-11,14,20-21H,12-13,15-16H2,1H3,(H,25,28). The van der Waals surface area contributed by atoms with Gasteiger partial charge in [-0.15, -0.1) is 0 Å². The summed E-state index contributed by atoms with van der Waals surface area (Å²) in [5.41, 5.74) is 3.13. The Morgan fingerprint density at radius 1 is 1.13 bits per heavy atom. The van der Waals surface area contributed by atoms with E-state index in [9.17, 15) is 9.59 Å². The molecule has 6 heteroatoms. The van der Waals surface area contributed by atoms with E-state index >= 15 is 0 Å². The van der Waals surface area contributed by atoms with Crippen LogP contribution in [0.25, 0.3) is 0 Å². The minimum Gasteiger partial charge on any atom is -0.356 e. The monoisotopic (exact) mass is 419 g/mol.